The Balaban J connectivity index is 2.24. The molecule has 1 aromatic carbocycles. The number of hydrogen-bond acceptors (Lipinski definition) is 4. The molecule has 1 N–H and O–H groups in total. The zero-order valence-corrected chi connectivity index (χ0v) is 12.5. The van der Waals surface area contributed by atoms with E-state index >= 15 is 0 Å². The van der Waals surface area contributed by atoms with Crippen molar-refractivity contribution in [1.29, 1.82) is 5.26 Å². The second kappa shape index (κ2) is 6.81. The van der Waals surface area contributed by atoms with E-state index < -0.39 is 11.9 Å². The Bertz CT molecular complexity index is 712. The van der Waals surface area contributed by atoms with Gasteiger partial charge < -0.3 is 14.3 Å². The summed E-state index contributed by atoms with van der Waals surface area (Å²) in [6.45, 7) is 2.02. The predicted octanol–water partition coefficient (Wildman–Crippen LogP) is 3.40. The lowest BCUT2D eigenvalue weighted by Crippen LogP contribution is -2.02. The lowest BCUT2D eigenvalue weighted by molar-refractivity contribution is 0.0660. The summed E-state index contributed by atoms with van der Waals surface area (Å²) in [4.78, 5) is 10.8. The molecule has 0 aliphatic carbocycles. The van der Waals surface area contributed by atoms with Gasteiger partial charge in [-0.05, 0) is 35.7 Å². The average molecular weight is 299 g/mol. The van der Waals surface area contributed by atoms with Gasteiger partial charge in [0.2, 0.25) is 5.76 Å². The van der Waals surface area contributed by atoms with Crippen LogP contribution in [0, 0.1) is 11.3 Å². The van der Waals surface area contributed by atoms with Gasteiger partial charge >= 0.3 is 5.97 Å². The van der Waals surface area contributed by atoms with E-state index in [0.717, 1.165) is 23.3 Å². The number of rotatable bonds is 6. The van der Waals surface area contributed by atoms with Gasteiger partial charge in [0.1, 0.15) is 11.5 Å². The van der Waals surface area contributed by atoms with Gasteiger partial charge in [0, 0.05) is 6.42 Å². The molecule has 0 saturated heterocycles. The molecule has 0 fully saturated rings. The summed E-state index contributed by atoms with van der Waals surface area (Å²) in [6.07, 6.45) is 1.14. The summed E-state index contributed by atoms with van der Waals surface area (Å²) in [5.74, 6) is -0.343. The monoisotopic (exact) mass is 299 g/mol. The standard InChI is InChI=1S/C17H17NO4/c1-3-11-8-12(4-6-15(11)21-2)13(10-18)9-14-5-7-16(22-14)17(19)20/h4-8,13H,3,9H2,1-2H3,(H,19,20). The number of nitrogens with zero attached hydrogens (tertiary/aromatic N) is 1. The summed E-state index contributed by atoms with van der Waals surface area (Å²) < 4.78 is 10.5. The molecule has 0 saturated carbocycles. The number of aryl methyl sites for hydroxylation is 1. The molecule has 0 amide bonds. The van der Waals surface area contributed by atoms with Crippen molar-refractivity contribution in [3.05, 3.63) is 53.0 Å². The normalized spacial score (nSPS) is 11.7. The molecule has 1 atom stereocenters. The number of nitriles is 1. The lowest BCUT2D eigenvalue weighted by atomic mass is 9.93. The molecule has 1 unspecified atom stereocenters. The van der Waals surface area contributed by atoms with E-state index in [-0.39, 0.29) is 5.76 Å². The molecule has 2 aromatic rings. The van der Waals surface area contributed by atoms with Crippen LogP contribution in [0.5, 0.6) is 5.75 Å². The van der Waals surface area contributed by atoms with Crippen molar-refractivity contribution in [2.24, 2.45) is 0 Å². The largest absolute Gasteiger partial charge is 0.496 e. The van der Waals surface area contributed by atoms with Gasteiger partial charge in [-0.15, -0.1) is 0 Å². The molecule has 114 valence electrons. The van der Waals surface area contributed by atoms with E-state index in [4.69, 9.17) is 14.3 Å². The SMILES string of the molecule is CCc1cc(C(C#N)Cc2ccc(C(=O)O)o2)ccc1OC. The number of benzene rings is 1. The third-order valence-corrected chi connectivity index (χ3v) is 3.52. The molecule has 22 heavy (non-hydrogen) atoms. The third kappa shape index (κ3) is 3.29. The van der Waals surface area contributed by atoms with E-state index in [0.29, 0.717) is 12.2 Å². The second-order valence-corrected chi connectivity index (χ2v) is 4.88. The molecule has 0 spiro atoms. The van der Waals surface area contributed by atoms with Crippen LogP contribution in [-0.4, -0.2) is 18.2 Å². The number of aromatic carboxylic acids is 1. The molecule has 5 heteroatoms. The van der Waals surface area contributed by atoms with Crippen molar-refractivity contribution in [3.8, 4) is 11.8 Å². The van der Waals surface area contributed by atoms with Gasteiger partial charge in [0.25, 0.3) is 0 Å². The van der Waals surface area contributed by atoms with Gasteiger partial charge in [-0.1, -0.05) is 19.1 Å². The maximum absolute atomic E-state index is 10.8. The fourth-order valence-electron chi connectivity index (χ4n) is 2.33. The number of carboxylic acid groups (broad SMARTS) is 1. The first-order valence-electron chi connectivity index (χ1n) is 6.97. The third-order valence-electron chi connectivity index (χ3n) is 3.52. The first-order valence-corrected chi connectivity index (χ1v) is 6.97. The summed E-state index contributed by atoms with van der Waals surface area (Å²) in [6, 6.07) is 10.9. The first-order chi connectivity index (χ1) is 10.6. The van der Waals surface area contributed by atoms with Crippen LogP contribution in [0.1, 0.15) is 40.3 Å². The summed E-state index contributed by atoms with van der Waals surface area (Å²) in [7, 11) is 1.62. The molecule has 1 aromatic heterocycles. The highest BCUT2D eigenvalue weighted by Crippen LogP contribution is 2.27. The zero-order valence-electron chi connectivity index (χ0n) is 12.5. The fourth-order valence-corrected chi connectivity index (χ4v) is 2.33. The van der Waals surface area contributed by atoms with Crippen LogP contribution in [-0.2, 0) is 12.8 Å². The van der Waals surface area contributed by atoms with Gasteiger partial charge in [-0.2, -0.15) is 5.26 Å². The summed E-state index contributed by atoms with van der Waals surface area (Å²) in [5.41, 5.74) is 1.90. The molecular formula is C17H17NO4. The Morgan fingerprint density at radius 1 is 1.41 bits per heavy atom. The van der Waals surface area contributed by atoms with Crippen LogP contribution in [0.3, 0.4) is 0 Å². The zero-order chi connectivity index (χ0) is 16.1. The Kier molecular flexibility index (Phi) is 4.84. The average Bonchev–Trinajstić information content (AvgIpc) is 3.00. The van der Waals surface area contributed by atoms with Crippen LogP contribution in [0.15, 0.2) is 34.7 Å². The second-order valence-electron chi connectivity index (χ2n) is 4.88. The van der Waals surface area contributed by atoms with Crippen LogP contribution in [0.2, 0.25) is 0 Å². The molecule has 0 aliphatic rings. The van der Waals surface area contributed by atoms with Crippen LogP contribution in [0.25, 0.3) is 0 Å². The number of furan rings is 1. The first kappa shape index (κ1) is 15.6. The number of methoxy groups -OCH3 is 1. The summed E-state index contributed by atoms with van der Waals surface area (Å²) in [5, 5.41) is 18.3. The van der Waals surface area contributed by atoms with Crippen molar-refractivity contribution in [2.75, 3.05) is 7.11 Å². The molecule has 2 rings (SSSR count). The van der Waals surface area contributed by atoms with Crippen molar-refractivity contribution in [3.63, 3.8) is 0 Å². The maximum atomic E-state index is 10.8. The van der Waals surface area contributed by atoms with E-state index in [9.17, 15) is 10.1 Å². The van der Waals surface area contributed by atoms with Gasteiger partial charge in [-0.3, -0.25) is 0 Å². The number of hydrogen-bond donors (Lipinski definition) is 1. The minimum atomic E-state index is -1.11. The van der Waals surface area contributed by atoms with Crippen molar-refractivity contribution >= 4 is 5.97 Å². The highest BCUT2D eigenvalue weighted by Gasteiger charge is 2.17. The molecular weight excluding hydrogens is 282 g/mol. The van der Waals surface area contributed by atoms with Crippen LogP contribution >= 0.6 is 0 Å². The van der Waals surface area contributed by atoms with E-state index in [1.165, 1.54) is 6.07 Å². The maximum Gasteiger partial charge on any atom is 0.371 e. The molecule has 0 aliphatic heterocycles. The Hall–Kier alpha value is -2.74. The van der Waals surface area contributed by atoms with Crippen LogP contribution in [0.4, 0.5) is 0 Å². The highest BCUT2D eigenvalue weighted by molar-refractivity contribution is 5.84. The van der Waals surface area contributed by atoms with Gasteiger partial charge in [0.15, 0.2) is 0 Å². The predicted molar refractivity (Wildman–Crippen MR) is 80.1 cm³/mol. The Morgan fingerprint density at radius 3 is 2.73 bits per heavy atom. The van der Waals surface area contributed by atoms with Crippen LogP contribution < -0.4 is 4.74 Å². The van der Waals surface area contributed by atoms with Gasteiger partial charge in [-0.25, -0.2) is 4.79 Å². The number of carboxylic acids is 1. The van der Waals surface area contributed by atoms with Crippen molar-refractivity contribution in [2.45, 2.75) is 25.7 Å². The topological polar surface area (TPSA) is 83.5 Å². The molecule has 0 radical (unpaired) electrons. The quantitative estimate of drug-likeness (QED) is 0.883. The minimum absolute atomic E-state index is 0.115. The Morgan fingerprint density at radius 2 is 2.18 bits per heavy atom. The summed E-state index contributed by atoms with van der Waals surface area (Å²) >= 11 is 0. The minimum Gasteiger partial charge on any atom is -0.496 e. The molecule has 1 heterocycles. The molecule has 0 bridgehead atoms. The smallest absolute Gasteiger partial charge is 0.371 e. The van der Waals surface area contributed by atoms with Crippen molar-refractivity contribution < 1.29 is 19.1 Å². The van der Waals surface area contributed by atoms with Crippen molar-refractivity contribution in [1.82, 2.24) is 0 Å². The number of carbonyl (C=O) groups is 1. The molecule has 5 nitrogen and oxygen atoms in total. The van der Waals surface area contributed by atoms with Gasteiger partial charge in [0.05, 0.1) is 19.1 Å². The highest BCUT2D eigenvalue weighted by atomic mass is 16.5. The lowest BCUT2D eigenvalue weighted by Gasteiger charge is -2.12. The fraction of sp³-hybridized carbons (Fsp3) is 0.294. The van der Waals surface area contributed by atoms with E-state index in [1.54, 1.807) is 13.2 Å². The van der Waals surface area contributed by atoms with E-state index in [2.05, 4.69) is 6.07 Å². The van der Waals surface area contributed by atoms with E-state index in [1.807, 2.05) is 25.1 Å². The Labute approximate surface area is 128 Å². The number of ether oxygens (including phenoxy) is 1.